The van der Waals surface area contributed by atoms with E-state index < -0.39 is 6.10 Å². The number of anilines is 1. The molecule has 5 nitrogen and oxygen atoms in total. The Labute approximate surface area is 113 Å². The van der Waals surface area contributed by atoms with Crippen LogP contribution in [0.25, 0.3) is 0 Å². The standard InChI is InChI=1S/C14H21NO4/c1-10-7-11(5-6-13(10)15-2)14(16)19-12(8-17-3)9-18-4/h5-7,12,15H,8-9H2,1-4H3. The van der Waals surface area contributed by atoms with Crippen molar-refractivity contribution < 1.29 is 19.0 Å². The van der Waals surface area contributed by atoms with Crippen molar-refractivity contribution in [3.05, 3.63) is 29.3 Å². The molecule has 0 fully saturated rings. The summed E-state index contributed by atoms with van der Waals surface area (Å²) in [5.74, 6) is -0.371. The minimum absolute atomic E-state index is 0.313. The lowest BCUT2D eigenvalue weighted by molar-refractivity contribution is -0.0223. The molecule has 0 atom stereocenters. The van der Waals surface area contributed by atoms with Crippen LogP contribution in [0, 0.1) is 6.92 Å². The molecule has 0 aromatic heterocycles. The molecule has 0 bridgehead atoms. The van der Waals surface area contributed by atoms with Crippen LogP contribution in [0.3, 0.4) is 0 Å². The van der Waals surface area contributed by atoms with Crippen molar-refractivity contribution in [2.75, 3.05) is 39.8 Å². The Morgan fingerprint density at radius 2 is 1.89 bits per heavy atom. The molecule has 1 N–H and O–H groups in total. The lowest BCUT2D eigenvalue weighted by Gasteiger charge is -2.16. The molecule has 0 spiro atoms. The van der Waals surface area contributed by atoms with E-state index in [1.807, 2.05) is 20.0 Å². The molecule has 0 aliphatic carbocycles. The van der Waals surface area contributed by atoms with Gasteiger partial charge in [0.25, 0.3) is 0 Å². The van der Waals surface area contributed by atoms with Gasteiger partial charge in [-0.05, 0) is 30.7 Å². The van der Waals surface area contributed by atoms with Crippen molar-refractivity contribution in [1.29, 1.82) is 0 Å². The highest BCUT2D eigenvalue weighted by Crippen LogP contribution is 2.16. The summed E-state index contributed by atoms with van der Waals surface area (Å²) >= 11 is 0. The van der Waals surface area contributed by atoms with Crippen molar-refractivity contribution in [3.8, 4) is 0 Å². The highest BCUT2D eigenvalue weighted by Gasteiger charge is 2.16. The fourth-order valence-electron chi connectivity index (χ4n) is 1.78. The fourth-order valence-corrected chi connectivity index (χ4v) is 1.78. The molecule has 5 heteroatoms. The molecule has 0 aliphatic heterocycles. The quantitative estimate of drug-likeness (QED) is 0.764. The maximum Gasteiger partial charge on any atom is 0.338 e. The summed E-state index contributed by atoms with van der Waals surface area (Å²) in [4.78, 5) is 12.0. The molecular weight excluding hydrogens is 246 g/mol. The summed E-state index contributed by atoms with van der Waals surface area (Å²) < 4.78 is 15.3. The van der Waals surface area contributed by atoms with E-state index in [0.717, 1.165) is 11.3 Å². The minimum atomic E-state index is -0.396. The van der Waals surface area contributed by atoms with Crippen molar-refractivity contribution in [3.63, 3.8) is 0 Å². The number of carbonyl (C=O) groups is 1. The van der Waals surface area contributed by atoms with E-state index in [1.165, 1.54) is 0 Å². The zero-order valence-corrected chi connectivity index (χ0v) is 11.9. The molecule has 106 valence electrons. The van der Waals surface area contributed by atoms with E-state index in [1.54, 1.807) is 26.4 Å². The molecule has 0 saturated carbocycles. The Morgan fingerprint density at radius 3 is 2.37 bits per heavy atom. The largest absolute Gasteiger partial charge is 0.454 e. The number of hydrogen-bond donors (Lipinski definition) is 1. The maximum absolute atomic E-state index is 12.0. The Hall–Kier alpha value is -1.59. The number of ether oxygens (including phenoxy) is 3. The summed E-state index contributed by atoms with van der Waals surface area (Å²) in [6.45, 7) is 2.56. The molecule has 0 radical (unpaired) electrons. The molecule has 1 aromatic rings. The predicted molar refractivity (Wildman–Crippen MR) is 73.7 cm³/mol. The number of methoxy groups -OCH3 is 2. The summed E-state index contributed by atoms with van der Waals surface area (Å²) in [5.41, 5.74) is 2.50. The van der Waals surface area contributed by atoms with Crippen LogP contribution in [0.2, 0.25) is 0 Å². The second-order valence-corrected chi connectivity index (χ2v) is 4.22. The smallest absolute Gasteiger partial charge is 0.338 e. The topological polar surface area (TPSA) is 56.8 Å². The molecule has 0 heterocycles. The van der Waals surface area contributed by atoms with Gasteiger partial charge in [0.05, 0.1) is 18.8 Å². The fraction of sp³-hybridized carbons (Fsp3) is 0.500. The lowest BCUT2D eigenvalue weighted by atomic mass is 10.1. The van der Waals surface area contributed by atoms with Crippen molar-refractivity contribution in [2.45, 2.75) is 13.0 Å². The van der Waals surface area contributed by atoms with Gasteiger partial charge in [0.2, 0.25) is 0 Å². The number of nitrogens with one attached hydrogen (secondary N) is 1. The van der Waals surface area contributed by atoms with Gasteiger partial charge in [0.1, 0.15) is 6.10 Å². The zero-order valence-electron chi connectivity index (χ0n) is 11.9. The zero-order chi connectivity index (χ0) is 14.3. The lowest BCUT2D eigenvalue weighted by Crippen LogP contribution is -2.27. The number of hydrogen-bond acceptors (Lipinski definition) is 5. The molecule has 0 amide bonds. The Morgan fingerprint density at radius 1 is 1.26 bits per heavy atom. The average Bonchev–Trinajstić information content (AvgIpc) is 2.39. The van der Waals surface area contributed by atoms with E-state index >= 15 is 0 Å². The average molecular weight is 267 g/mol. The van der Waals surface area contributed by atoms with Crippen LogP contribution in [-0.2, 0) is 14.2 Å². The van der Waals surface area contributed by atoms with Crippen molar-refractivity contribution >= 4 is 11.7 Å². The second-order valence-electron chi connectivity index (χ2n) is 4.22. The van der Waals surface area contributed by atoms with Gasteiger partial charge >= 0.3 is 5.97 Å². The SMILES string of the molecule is CNc1ccc(C(=O)OC(COC)COC)cc1C. The van der Waals surface area contributed by atoms with Gasteiger partial charge < -0.3 is 19.5 Å². The third-order valence-corrected chi connectivity index (χ3v) is 2.71. The first kappa shape index (κ1) is 15.5. The van der Waals surface area contributed by atoms with E-state index in [0.29, 0.717) is 18.8 Å². The van der Waals surface area contributed by atoms with Crippen LogP contribution >= 0.6 is 0 Å². The summed E-state index contributed by atoms with van der Waals surface area (Å²) in [6, 6.07) is 5.39. The van der Waals surface area contributed by atoms with Crippen LogP contribution in [0.1, 0.15) is 15.9 Å². The molecule has 1 rings (SSSR count). The van der Waals surface area contributed by atoms with E-state index in [2.05, 4.69) is 5.32 Å². The van der Waals surface area contributed by atoms with Crippen LogP contribution in [0.15, 0.2) is 18.2 Å². The van der Waals surface area contributed by atoms with Gasteiger partial charge in [-0.25, -0.2) is 4.79 Å². The normalized spacial score (nSPS) is 10.6. The van der Waals surface area contributed by atoms with Crippen LogP contribution in [-0.4, -0.2) is 46.6 Å². The van der Waals surface area contributed by atoms with Gasteiger partial charge in [-0.1, -0.05) is 0 Å². The van der Waals surface area contributed by atoms with Crippen LogP contribution < -0.4 is 5.32 Å². The third kappa shape index (κ3) is 4.54. The molecule has 0 saturated heterocycles. The van der Waals surface area contributed by atoms with Gasteiger partial charge in [-0.15, -0.1) is 0 Å². The van der Waals surface area contributed by atoms with Crippen molar-refractivity contribution in [1.82, 2.24) is 0 Å². The number of esters is 1. The van der Waals surface area contributed by atoms with Crippen LogP contribution in [0.5, 0.6) is 0 Å². The van der Waals surface area contributed by atoms with Crippen LogP contribution in [0.4, 0.5) is 5.69 Å². The third-order valence-electron chi connectivity index (χ3n) is 2.71. The van der Waals surface area contributed by atoms with Gasteiger partial charge in [-0.2, -0.15) is 0 Å². The number of aryl methyl sites for hydroxylation is 1. The van der Waals surface area contributed by atoms with E-state index in [4.69, 9.17) is 14.2 Å². The first-order valence-electron chi connectivity index (χ1n) is 6.09. The Bertz CT molecular complexity index is 414. The first-order chi connectivity index (χ1) is 9.12. The molecule has 19 heavy (non-hydrogen) atoms. The summed E-state index contributed by atoms with van der Waals surface area (Å²) in [6.07, 6.45) is -0.396. The van der Waals surface area contributed by atoms with Crippen molar-refractivity contribution in [2.24, 2.45) is 0 Å². The maximum atomic E-state index is 12.0. The minimum Gasteiger partial charge on any atom is -0.454 e. The molecule has 1 aromatic carbocycles. The highest BCUT2D eigenvalue weighted by atomic mass is 16.6. The monoisotopic (exact) mass is 267 g/mol. The first-order valence-corrected chi connectivity index (χ1v) is 6.09. The van der Waals surface area contributed by atoms with E-state index in [-0.39, 0.29) is 5.97 Å². The number of rotatable bonds is 7. The van der Waals surface area contributed by atoms with E-state index in [9.17, 15) is 4.79 Å². The Kier molecular flexibility index (Phi) is 6.32. The van der Waals surface area contributed by atoms with Gasteiger partial charge in [0.15, 0.2) is 0 Å². The Balaban J connectivity index is 2.73. The number of benzene rings is 1. The molecular formula is C14H21NO4. The molecule has 0 unspecified atom stereocenters. The highest BCUT2D eigenvalue weighted by molar-refractivity contribution is 5.90. The summed E-state index contributed by atoms with van der Waals surface area (Å²) in [7, 11) is 4.96. The number of carbonyl (C=O) groups excluding carboxylic acids is 1. The summed E-state index contributed by atoms with van der Waals surface area (Å²) in [5, 5.41) is 3.05. The second kappa shape index (κ2) is 7.76. The van der Waals surface area contributed by atoms with Gasteiger partial charge in [-0.3, -0.25) is 0 Å². The molecule has 0 aliphatic rings. The van der Waals surface area contributed by atoms with Gasteiger partial charge in [0, 0.05) is 27.0 Å². The predicted octanol–water partition coefficient (Wildman–Crippen LogP) is 1.85.